The van der Waals surface area contributed by atoms with Crippen LogP contribution in [0.15, 0.2) is 17.5 Å². The van der Waals surface area contributed by atoms with Crippen LogP contribution in [0, 0.1) is 0 Å². The number of ether oxygens (including phenoxy) is 1. The van der Waals surface area contributed by atoms with Gasteiger partial charge in [-0.25, -0.2) is 0 Å². The molecular formula is C11H17NO3S. The molecule has 0 aromatic carbocycles. The number of carbonyl (C=O) groups excluding carboxylic acids is 1. The molecule has 1 aromatic heterocycles. The van der Waals surface area contributed by atoms with E-state index in [1.807, 2.05) is 11.4 Å². The Bertz CT molecular complexity index is 322. The molecule has 0 bridgehead atoms. The molecule has 2 N–H and O–H groups in total. The predicted octanol–water partition coefficient (Wildman–Crippen LogP) is 1.27. The highest BCUT2D eigenvalue weighted by molar-refractivity contribution is 7.12. The van der Waals surface area contributed by atoms with E-state index in [0.717, 1.165) is 0 Å². The number of amides is 1. The number of methoxy groups -OCH3 is 1. The van der Waals surface area contributed by atoms with E-state index in [4.69, 9.17) is 4.74 Å². The van der Waals surface area contributed by atoms with E-state index >= 15 is 0 Å². The molecule has 1 rings (SSSR count). The topological polar surface area (TPSA) is 58.6 Å². The lowest BCUT2D eigenvalue weighted by atomic mass is 10.0. The molecule has 0 aliphatic rings. The number of carbonyl (C=O) groups is 1. The van der Waals surface area contributed by atoms with Crippen molar-refractivity contribution in [3.05, 3.63) is 22.4 Å². The first-order chi connectivity index (χ1) is 7.55. The van der Waals surface area contributed by atoms with Gasteiger partial charge in [-0.1, -0.05) is 6.07 Å². The smallest absolute Gasteiger partial charge is 0.261 e. The molecule has 4 nitrogen and oxygen atoms in total. The molecule has 1 heterocycles. The molecule has 0 fully saturated rings. The molecule has 1 unspecified atom stereocenters. The Morgan fingerprint density at radius 1 is 1.69 bits per heavy atom. The summed E-state index contributed by atoms with van der Waals surface area (Å²) in [5, 5.41) is 14.4. The Balaban J connectivity index is 2.36. The summed E-state index contributed by atoms with van der Waals surface area (Å²) in [5.41, 5.74) is -0.928. The maximum Gasteiger partial charge on any atom is 0.261 e. The van der Waals surface area contributed by atoms with Gasteiger partial charge in [0.05, 0.1) is 10.5 Å². The highest BCUT2D eigenvalue weighted by Crippen LogP contribution is 2.10. The van der Waals surface area contributed by atoms with Crippen molar-refractivity contribution in [1.82, 2.24) is 5.32 Å². The van der Waals surface area contributed by atoms with E-state index in [2.05, 4.69) is 5.32 Å². The largest absolute Gasteiger partial charge is 0.388 e. The van der Waals surface area contributed by atoms with Crippen molar-refractivity contribution in [2.75, 3.05) is 20.3 Å². The average Bonchev–Trinajstić information content (AvgIpc) is 2.77. The maximum absolute atomic E-state index is 11.6. The second-order valence-corrected chi connectivity index (χ2v) is 4.85. The lowest BCUT2D eigenvalue weighted by Gasteiger charge is -2.22. The standard InChI is InChI=1S/C11H17NO3S/c1-11(14,5-6-15-2)8-12-10(13)9-4-3-7-16-9/h3-4,7,14H,5-6,8H2,1-2H3,(H,12,13). The van der Waals surface area contributed by atoms with Crippen molar-refractivity contribution in [1.29, 1.82) is 0 Å². The van der Waals surface area contributed by atoms with Crippen LogP contribution < -0.4 is 5.32 Å². The van der Waals surface area contributed by atoms with Crippen LogP contribution in [0.4, 0.5) is 0 Å². The van der Waals surface area contributed by atoms with Crippen molar-refractivity contribution in [2.45, 2.75) is 18.9 Å². The third-order valence-electron chi connectivity index (χ3n) is 2.22. The maximum atomic E-state index is 11.6. The van der Waals surface area contributed by atoms with Crippen LogP contribution in [0.1, 0.15) is 23.0 Å². The van der Waals surface area contributed by atoms with Gasteiger partial charge in [-0.3, -0.25) is 4.79 Å². The minimum absolute atomic E-state index is 0.146. The summed E-state index contributed by atoms with van der Waals surface area (Å²) in [7, 11) is 1.58. The summed E-state index contributed by atoms with van der Waals surface area (Å²) in [6, 6.07) is 3.58. The Labute approximate surface area is 99.2 Å². The number of hydrogen-bond acceptors (Lipinski definition) is 4. The number of thiophene rings is 1. The molecule has 1 aromatic rings. The van der Waals surface area contributed by atoms with Crippen LogP contribution in [0.2, 0.25) is 0 Å². The van der Waals surface area contributed by atoms with Crippen LogP contribution in [0.25, 0.3) is 0 Å². The summed E-state index contributed by atoms with van der Waals surface area (Å²) in [4.78, 5) is 12.2. The van der Waals surface area contributed by atoms with Crippen LogP contribution in [0.5, 0.6) is 0 Å². The highest BCUT2D eigenvalue weighted by Gasteiger charge is 2.21. The zero-order valence-corrected chi connectivity index (χ0v) is 10.3. The molecule has 1 amide bonds. The average molecular weight is 243 g/mol. The van der Waals surface area contributed by atoms with Crippen molar-refractivity contribution >= 4 is 17.2 Å². The normalized spacial score (nSPS) is 14.4. The number of aliphatic hydroxyl groups is 1. The Morgan fingerprint density at radius 3 is 3.00 bits per heavy atom. The van der Waals surface area contributed by atoms with Crippen molar-refractivity contribution in [3.8, 4) is 0 Å². The van der Waals surface area contributed by atoms with Gasteiger partial charge in [0.2, 0.25) is 0 Å². The molecule has 16 heavy (non-hydrogen) atoms. The van der Waals surface area contributed by atoms with Gasteiger partial charge in [-0.2, -0.15) is 0 Å². The summed E-state index contributed by atoms with van der Waals surface area (Å²) in [6.45, 7) is 2.38. The molecule has 0 aliphatic heterocycles. The molecule has 5 heteroatoms. The Kier molecular flexibility index (Phi) is 4.92. The van der Waals surface area contributed by atoms with Crippen molar-refractivity contribution < 1.29 is 14.6 Å². The monoisotopic (exact) mass is 243 g/mol. The quantitative estimate of drug-likeness (QED) is 0.791. The zero-order chi connectivity index (χ0) is 12.0. The minimum atomic E-state index is -0.928. The number of rotatable bonds is 6. The first kappa shape index (κ1) is 13.2. The van der Waals surface area contributed by atoms with E-state index in [0.29, 0.717) is 17.9 Å². The first-order valence-electron chi connectivity index (χ1n) is 5.08. The third kappa shape index (κ3) is 4.30. The Morgan fingerprint density at radius 2 is 2.44 bits per heavy atom. The highest BCUT2D eigenvalue weighted by atomic mass is 32.1. The van der Waals surface area contributed by atoms with Crippen LogP contribution in [-0.4, -0.2) is 36.9 Å². The fourth-order valence-electron chi connectivity index (χ4n) is 1.18. The lowest BCUT2D eigenvalue weighted by molar-refractivity contribution is 0.0244. The molecule has 0 aliphatic carbocycles. The zero-order valence-electron chi connectivity index (χ0n) is 9.53. The summed E-state index contributed by atoms with van der Waals surface area (Å²) in [5.74, 6) is -0.146. The Hall–Kier alpha value is -0.910. The summed E-state index contributed by atoms with van der Waals surface area (Å²) in [6.07, 6.45) is 0.494. The van der Waals surface area contributed by atoms with Gasteiger partial charge < -0.3 is 15.2 Å². The van der Waals surface area contributed by atoms with Gasteiger partial charge in [0.15, 0.2) is 0 Å². The summed E-state index contributed by atoms with van der Waals surface area (Å²) < 4.78 is 4.89. The predicted molar refractivity (Wildman–Crippen MR) is 63.8 cm³/mol. The molecular weight excluding hydrogens is 226 g/mol. The van der Waals surface area contributed by atoms with Crippen LogP contribution in [-0.2, 0) is 4.74 Å². The van der Waals surface area contributed by atoms with E-state index in [-0.39, 0.29) is 12.5 Å². The van der Waals surface area contributed by atoms with Gasteiger partial charge in [0.1, 0.15) is 0 Å². The first-order valence-corrected chi connectivity index (χ1v) is 5.96. The second kappa shape index (κ2) is 5.98. The van der Waals surface area contributed by atoms with Gasteiger partial charge >= 0.3 is 0 Å². The summed E-state index contributed by atoms with van der Waals surface area (Å²) >= 11 is 1.38. The van der Waals surface area contributed by atoms with Crippen molar-refractivity contribution in [3.63, 3.8) is 0 Å². The molecule has 0 saturated heterocycles. The van der Waals surface area contributed by atoms with Gasteiger partial charge in [0, 0.05) is 26.7 Å². The number of nitrogens with one attached hydrogen (secondary N) is 1. The van der Waals surface area contributed by atoms with Gasteiger partial charge in [-0.05, 0) is 18.4 Å². The molecule has 1 atom stereocenters. The van der Waals surface area contributed by atoms with E-state index in [1.54, 1.807) is 20.1 Å². The van der Waals surface area contributed by atoms with Gasteiger partial charge in [0.25, 0.3) is 5.91 Å². The van der Waals surface area contributed by atoms with E-state index in [9.17, 15) is 9.90 Å². The van der Waals surface area contributed by atoms with E-state index < -0.39 is 5.60 Å². The van der Waals surface area contributed by atoms with Crippen LogP contribution >= 0.6 is 11.3 Å². The fraction of sp³-hybridized carbons (Fsp3) is 0.545. The van der Waals surface area contributed by atoms with Crippen LogP contribution in [0.3, 0.4) is 0 Å². The molecule has 90 valence electrons. The third-order valence-corrected chi connectivity index (χ3v) is 3.09. The molecule has 0 radical (unpaired) electrons. The lowest BCUT2D eigenvalue weighted by Crippen LogP contribution is -2.41. The van der Waals surface area contributed by atoms with Gasteiger partial charge in [-0.15, -0.1) is 11.3 Å². The molecule has 0 saturated carbocycles. The van der Waals surface area contributed by atoms with Crippen molar-refractivity contribution in [2.24, 2.45) is 0 Å². The second-order valence-electron chi connectivity index (χ2n) is 3.90. The fourth-order valence-corrected chi connectivity index (χ4v) is 1.82. The minimum Gasteiger partial charge on any atom is -0.388 e. The number of hydrogen-bond donors (Lipinski definition) is 2. The van der Waals surface area contributed by atoms with E-state index in [1.165, 1.54) is 11.3 Å². The molecule has 0 spiro atoms. The SMILES string of the molecule is COCCC(C)(O)CNC(=O)c1cccs1.